The number of carbonyl (C=O) groups excluding carboxylic acids is 1. The summed E-state index contributed by atoms with van der Waals surface area (Å²) < 4.78 is 27.4. The highest BCUT2D eigenvalue weighted by Gasteiger charge is 2.24. The molecule has 1 heterocycles. The predicted molar refractivity (Wildman–Crippen MR) is 111 cm³/mol. The van der Waals surface area contributed by atoms with E-state index in [1.165, 1.54) is 4.31 Å². The normalized spacial score (nSPS) is 14.9. The monoisotopic (exact) mass is 394 g/mol. The van der Waals surface area contributed by atoms with E-state index >= 15 is 0 Å². The molecule has 3 aromatic carbocycles. The smallest absolute Gasteiger partial charge is 0.243 e. The maximum absolute atomic E-state index is 13.0. The first-order valence-corrected chi connectivity index (χ1v) is 10.7. The van der Waals surface area contributed by atoms with Gasteiger partial charge >= 0.3 is 0 Å². The Bertz CT molecular complexity index is 1120. The maximum atomic E-state index is 13.0. The van der Waals surface area contributed by atoms with Crippen LogP contribution in [0.4, 0.5) is 5.69 Å². The number of hydrogen-bond donors (Lipinski definition) is 0. The number of anilines is 1. The Morgan fingerprint density at radius 1 is 0.964 bits per heavy atom. The molecule has 0 unspecified atom stereocenters. The van der Waals surface area contributed by atoms with Gasteiger partial charge in [0.2, 0.25) is 15.9 Å². The zero-order valence-corrected chi connectivity index (χ0v) is 16.5. The number of hydrogen-bond acceptors (Lipinski definition) is 3. The number of benzene rings is 3. The molecule has 4 rings (SSSR count). The summed E-state index contributed by atoms with van der Waals surface area (Å²) in [5.74, 6) is 0.0867. The van der Waals surface area contributed by atoms with Crippen LogP contribution in [0.5, 0.6) is 0 Å². The number of rotatable bonds is 5. The third-order valence-corrected chi connectivity index (χ3v) is 7.02. The molecule has 144 valence electrons. The van der Waals surface area contributed by atoms with Crippen molar-refractivity contribution >= 4 is 32.4 Å². The Morgan fingerprint density at radius 3 is 2.39 bits per heavy atom. The standard InChI is InChI=1S/C22H22N2O3S/c1-23(16-18-8-4-7-17-6-2-3-9-21(17)18)28(26,27)20-13-11-19(12-14-20)24-15-5-10-22(24)25/h2-4,6-9,11-14H,5,10,15-16H2,1H3. The third kappa shape index (κ3) is 3.41. The van der Waals surface area contributed by atoms with Crippen LogP contribution < -0.4 is 4.90 Å². The lowest BCUT2D eigenvalue weighted by atomic mass is 10.0. The van der Waals surface area contributed by atoms with Gasteiger partial charge in [-0.3, -0.25) is 4.79 Å². The van der Waals surface area contributed by atoms with Crippen LogP contribution in [-0.2, 0) is 21.4 Å². The van der Waals surface area contributed by atoms with Crippen molar-refractivity contribution in [2.75, 3.05) is 18.5 Å². The summed E-state index contributed by atoms with van der Waals surface area (Å²) in [6.45, 7) is 0.974. The van der Waals surface area contributed by atoms with Crippen molar-refractivity contribution in [2.24, 2.45) is 0 Å². The molecule has 1 aliphatic heterocycles. The fourth-order valence-electron chi connectivity index (χ4n) is 3.65. The van der Waals surface area contributed by atoms with Gasteiger partial charge in [0.25, 0.3) is 0 Å². The van der Waals surface area contributed by atoms with Crippen LogP contribution in [0.1, 0.15) is 18.4 Å². The van der Waals surface area contributed by atoms with Gasteiger partial charge in [-0.2, -0.15) is 4.31 Å². The molecule has 5 nitrogen and oxygen atoms in total. The highest BCUT2D eigenvalue weighted by atomic mass is 32.2. The van der Waals surface area contributed by atoms with Gasteiger partial charge in [0, 0.05) is 32.2 Å². The molecule has 0 atom stereocenters. The highest BCUT2D eigenvalue weighted by molar-refractivity contribution is 7.89. The van der Waals surface area contributed by atoms with Crippen LogP contribution in [0, 0.1) is 0 Å². The summed E-state index contributed by atoms with van der Waals surface area (Å²) >= 11 is 0. The predicted octanol–water partition coefficient (Wildman–Crippen LogP) is 3.79. The summed E-state index contributed by atoms with van der Waals surface area (Å²) in [7, 11) is -2.04. The molecule has 1 saturated heterocycles. The SMILES string of the molecule is CN(Cc1cccc2ccccc12)S(=O)(=O)c1ccc(N2CCCC2=O)cc1. The lowest BCUT2D eigenvalue weighted by Crippen LogP contribution is -2.27. The van der Waals surface area contributed by atoms with Crippen molar-refractivity contribution in [2.45, 2.75) is 24.3 Å². The first kappa shape index (κ1) is 18.7. The Morgan fingerprint density at radius 2 is 1.68 bits per heavy atom. The van der Waals surface area contributed by atoms with E-state index in [4.69, 9.17) is 0 Å². The van der Waals surface area contributed by atoms with E-state index in [1.54, 1.807) is 36.2 Å². The van der Waals surface area contributed by atoms with Crippen LogP contribution in [0.3, 0.4) is 0 Å². The summed E-state index contributed by atoms with van der Waals surface area (Å²) in [5, 5.41) is 2.14. The van der Waals surface area contributed by atoms with Gasteiger partial charge in [-0.1, -0.05) is 42.5 Å². The molecule has 0 bridgehead atoms. The second kappa shape index (κ2) is 7.37. The number of fused-ring (bicyclic) bond motifs is 1. The first-order chi connectivity index (χ1) is 13.5. The molecule has 0 saturated carbocycles. The largest absolute Gasteiger partial charge is 0.312 e. The maximum Gasteiger partial charge on any atom is 0.243 e. The topological polar surface area (TPSA) is 57.7 Å². The van der Waals surface area contributed by atoms with E-state index in [9.17, 15) is 13.2 Å². The van der Waals surface area contributed by atoms with Crippen LogP contribution in [0.15, 0.2) is 71.6 Å². The number of sulfonamides is 1. The summed E-state index contributed by atoms with van der Waals surface area (Å²) in [6.07, 6.45) is 1.39. The molecule has 0 aliphatic carbocycles. The summed E-state index contributed by atoms with van der Waals surface area (Å²) in [5.41, 5.74) is 1.71. The van der Waals surface area contributed by atoms with Crippen molar-refractivity contribution in [1.29, 1.82) is 0 Å². The van der Waals surface area contributed by atoms with E-state index in [1.807, 2.05) is 42.5 Å². The lowest BCUT2D eigenvalue weighted by Gasteiger charge is -2.20. The minimum absolute atomic E-state index is 0.0867. The van der Waals surface area contributed by atoms with Gasteiger partial charge in [-0.25, -0.2) is 8.42 Å². The summed E-state index contributed by atoms with van der Waals surface area (Å²) in [6, 6.07) is 20.5. The van der Waals surface area contributed by atoms with Crippen LogP contribution in [0.25, 0.3) is 10.8 Å². The van der Waals surface area contributed by atoms with Crippen LogP contribution in [-0.4, -0.2) is 32.2 Å². The van der Waals surface area contributed by atoms with Crippen molar-refractivity contribution in [3.8, 4) is 0 Å². The molecule has 1 fully saturated rings. The Hall–Kier alpha value is -2.70. The van der Waals surface area contributed by atoms with Gasteiger partial charge in [-0.15, -0.1) is 0 Å². The molecular formula is C22H22N2O3S. The second-order valence-electron chi connectivity index (χ2n) is 7.04. The minimum atomic E-state index is -3.63. The van der Waals surface area contributed by atoms with Gasteiger partial charge in [0.1, 0.15) is 0 Å². The van der Waals surface area contributed by atoms with Crippen LogP contribution >= 0.6 is 0 Å². The van der Waals surface area contributed by atoms with E-state index in [2.05, 4.69) is 0 Å². The van der Waals surface area contributed by atoms with Gasteiger partial charge in [-0.05, 0) is 47.0 Å². The average Bonchev–Trinajstić information content (AvgIpc) is 3.14. The fraction of sp³-hybridized carbons (Fsp3) is 0.227. The van der Waals surface area contributed by atoms with Gasteiger partial charge in [0.15, 0.2) is 0 Å². The molecule has 0 radical (unpaired) electrons. The zero-order chi connectivity index (χ0) is 19.7. The Kier molecular flexibility index (Phi) is 4.91. The molecule has 28 heavy (non-hydrogen) atoms. The first-order valence-electron chi connectivity index (χ1n) is 9.30. The molecule has 1 aliphatic rings. The molecule has 3 aromatic rings. The molecule has 0 spiro atoms. The Balaban J connectivity index is 1.58. The van der Waals surface area contributed by atoms with Gasteiger partial charge in [0.05, 0.1) is 4.90 Å². The number of amides is 1. The van der Waals surface area contributed by atoms with Crippen molar-refractivity contribution in [1.82, 2.24) is 4.31 Å². The van der Waals surface area contributed by atoms with Crippen molar-refractivity contribution in [3.05, 3.63) is 72.3 Å². The number of carbonyl (C=O) groups is 1. The van der Waals surface area contributed by atoms with Crippen molar-refractivity contribution in [3.63, 3.8) is 0 Å². The average molecular weight is 394 g/mol. The Labute approximate surface area is 165 Å². The van der Waals surface area contributed by atoms with E-state index in [0.717, 1.165) is 28.4 Å². The minimum Gasteiger partial charge on any atom is -0.312 e. The summed E-state index contributed by atoms with van der Waals surface area (Å²) in [4.78, 5) is 13.8. The van der Waals surface area contributed by atoms with Gasteiger partial charge < -0.3 is 4.90 Å². The molecular weight excluding hydrogens is 372 g/mol. The van der Waals surface area contributed by atoms with E-state index < -0.39 is 10.0 Å². The van der Waals surface area contributed by atoms with Crippen molar-refractivity contribution < 1.29 is 13.2 Å². The van der Waals surface area contributed by atoms with E-state index in [0.29, 0.717) is 13.0 Å². The fourth-order valence-corrected chi connectivity index (χ4v) is 4.80. The third-order valence-electron chi connectivity index (χ3n) is 5.20. The van der Waals surface area contributed by atoms with Crippen LogP contribution in [0.2, 0.25) is 0 Å². The molecule has 0 aromatic heterocycles. The molecule has 6 heteroatoms. The zero-order valence-electron chi connectivity index (χ0n) is 15.7. The number of nitrogens with zero attached hydrogens (tertiary/aromatic N) is 2. The second-order valence-corrected chi connectivity index (χ2v) is 9.09. The lowest BCUT2D eigenvalue weighted by molar-refractivity contribution is -0.117. The quantitative estimate of drug-likeness (QED) is 0.662. The molecule has 1 amide bonds. The molecule has 0 N–H and O–H groups in total. The van der Waals surface area contributed by atoms with E-state index in [-0.39, 0.29) is 17.3 Å². The highest BCUT2D eigenvalue weighted by Crippen LogP contribution is 2.26.